The van der Waals surface area contributed by atoms with Crippen LogP contribution in [0.4, 0.5) is 0 Å². The van der Waals surface area contributed by atoms with Crippen LogP contribution in [0.15, 0.2) is 12.2 Å². The Hall–Kier alpha value is -0.0600. The zero-order valence-corrected chi connectivity index (χ0v) is 11.0. The molecule has 0 aliphatic rings. The predicted molar refractivity (Wildman–Crippen MR) is 69.5 cm³/mol. The number of rotatable bonds is 8. The molecule has 0 aromatic rings. The van der Waals surface area contributed by atoms with Crippen molar-refractivity contribution in [2.75, 3.05) is 0 Å². The van der Waals surface area contributed by atoms with Crippen LogP contribution in [-0.4, -0.2) is 9.83 Å². The van der Waals surface area contributed by atoms with Gasteiger partial charge in [-0.05, 0) is 6.42 Å². The van der Waals surface area contributed by atoms with Crippen molar-refractivity contribution in [1.29, 1.82) is 0 Å². The highest BCUT2D eigenvalue weighted by Gasteiger charge is 2.12. The van der Waals surface area contributed by atoms with E-state index < -0.39 is 0 Å². The highest BCUT2D eigenvalue weighted by Crippen LogP contribution is 2.18. The van der Waals surface area contributed by atoms with E-state index in [1.807, 2.05) is 0 Å². The van der Waals surface area contributed by atoms with Crippen LogP contribution in [-0.2, 0) is 4.79 Å². The number of hydrogen-bond acceptors (Lipinski definition) is 1. The summed E-state index contributed by atoms with van der Waals surface area (Å²) in [6.45, 7) is 5.89. The van der Waals surface area contributed by atoms with Gasteiger partial charge in [0, 0.05) is 9.50 Å². The van der Waals surface area contributed by atoms with Gasteiger partial charge in [-0.1, -0.05) is 68.2 Å². The van der Waals surface area contributed by atoms with Crippen molar-refractivity contribution < 1.29 is 4.79 Å². The summed E-state index contributed by atoms with van der Waals surface area (Å²) in [5.74, 6) is -0.363. The van der Waals surface area contributed by atoms with Gasteiger partial charge < -0.3 is 5.73 Å². The maximum Gasteiger partial charge on any atom is 0.245 e. The average Bonchev–Trinajstić information content (AvgIpc) is 2.16. The topological polar surface area (TPSA) is 43.1 Å². The number of hydrogen-bond donors (Lipinski definition) is 1. The van der Waals surface area contributed by atoms with Crippen LogP contribution < -0.4 is 5.73 Å². The summed E-state index contributed by atoms with van der Waals surface area (Å²) in [5.41, 5.74) is 5.70. The number of primary amides is 1. The summed E-state index contributed by atoms with van der Waals surface area (Å²) in [7, 11) is 0. The lowest BCUT2D eigenvalue weighted by Crippen LogP contribution is -2.19. The summed E-state index contributed by atoms with van der Waals surface area (Å²) in [6.07, 6.45) is 7.30. The third-order valence-electron chi connectivity index (χ3n) is 2.26. The van der Waals surface area contributed by atoms with Crippen LogP contribution >= 0.6 is 22.6 Å². The Kier molecular flexibility index (Phi) is 8.23. The normalized spacial score (nSPS) is 12.4. The average molecular weight is 309 g/mol. The van der Waals surface area contributed by atoms with Gasteiger partial charge in [0.05, 0.1) is 0 Å². The van der Waals surface area contributed by atoms with Crippen LogP contribution in [0.2, 0.25) is 0 Å². The fraction of sp³-hybridized carbons (Fsp3) is 0.727. The van der Waals surface area contributed by atoms with E-state index in [9.17, 15) is 4.79 Å². The Bertz CT molecular complexity index is 192. The number of nitrogens with two attached hydrogens (primary N) is 1. The zero-order chi connectivity index (χ0) is 11.0. The van der Waals surface area contributed by atoms with Crippen molar-refractivity contribution in [3.05, 3.63) is 12.2 Å². The SMILES string of the molecule is C=C(C(N)=O)C(I)CCCCCCC. The molecule has 1 amide bonds. The monoisotopic (exact) mass is 309 g/mol. The van der Waals surface area contributed by atoms with Gasteiger partial charge >= 0.3 is 0 Å². The minimum absolute atomic E-state index is 0.215. The van der Waals surface area contributed by atoms with Crippen molar-refractivity contribution in [2.45, 2.75) is 49.4 Å². The molecule has 0 aliphatic carbocycles. The van der Waals surface area contributed by atoms with E-state index in [1.165, 1.54) is 32.1 Å². The third kappa shape index (κ3) is 6.40. The molecule has 0 spiro atoms. The van der Waals surface area contributed by atoms with E-state index in [2.05, 4.69) is 36.1 Å². The predicted octanol–water partition coefficient (Wildman–Crippen LogP) is 3.19. The lowest BCUT2D eigenvalue weighted by Gasteiger charge is -2.09. The van der Waals surface area contributed by atoms with Crippen molar-refractivity contribution in [3.8, 4) is 0 Å². The maximum absolute atomic E-state index is 10.8. The van der Waals surface area contributed by atoms with Crippen molar-refractivity contribution >= 4 is 28.5 Å². The molecule has 0 fully saturated rings. The minimum atomic E-state index is -0.363. The van der Waals surface area contributed by atoms with Gasteiger partial charge in [-0.3, -0.25) is 4.79 Å². The Labute approximate surface area is 100 Å². The molecule has 3 heteroatoms. The Morgan fingerprint density at radius 1 is 1.36 bits per heavy atom. The molecule has 1 unspecified atom stereocenters. The van der Waals surface area contributed by atoms with Crippen LogP contribution in [0.1, 0.15) is 45.4 Å². The fourth-order valence-electron chi connectivity index (χ4n) is 1.26. The molecule has 2 nitrogen and oxygen atoms in total. The quantitative estimate of drug-likeness (QED) is 0.318. The molecular formula is C11H20INO. The molecule has 0 aromatic carbocycles. The highest BCUT2D eigenvalue weighted by molar-refractivity contribution is 14.1. The zero-order valence-electron chi connectivity index (χ0n) is 8.89. The second-order valence-corrected chi connectivity index (χ2v) is 5.06. The third-order valence-corrected chi connectivity index (χ3v) is 3.63. The molecule has 2 N–H and O–H groups in total. The number of unbranched alkanes of at least 4 members (excludes halogenated alkanes) is 4. The number of carbonyl (C=O) groups excluding carboxylic acids is 1. The van der Waals surface area contributed by atoms with E-state index in [0.717, 1.165) is 6.42 Å². The van der Waals surface area contributed by atoms with Crippen molar-refractivity contribution in [2.24, 2.45) is 5.73 Å². The summed E-state index contributed by atoms with van der Waals surface area (Å²) in [5, 5.41) is 0. The van der Waals surface area contributed by atoms with Crippen LogP contribution in [0.5, 0.6) is 0 Å². The molecule has 0 saturated heterocycles. The van der Waals surface area contributed by atoms with E-state index >= 15 is 0 Å². The molecule has 0 heterocycles. The first-order chi connectivity index (χ1) is 6.59. The van der Waals surface area contributed by atoms with E-state index in [0.29, 0.717) is 5.57 Å². The number of halogens is 1. The van der Waals surface area contributed by atoms with Gasteiger partial charge in [-0.25, -0.2) is 0 Å². The van der Waals surface area contributed by atoms with Crippen molar-refractivity contribution in [1.82, 2.24) is 0 Å². The van der Waals surface area contributed by atoms with Crippen molar-refractivity contribution in [3.63, 3.8) is 0 Å². The Balaban J connectivity index is 3.49. The van der Waals surface area contributed by atoms with E-state index in [-0.39, 0.29) is 9.83 Å². The second kappa shape index (κ2) is 8.26. The Morgan fingerprint density at radius 3 is 2.43 bits per heavy atom. The van der Waals surface area contributed by atoms with Gasteiger partial charge in [0.15, 0.2) is 0 Å². The summed E-state index contributed by atoms with van der Waals surface area (Å²) < 4.78 is 0.215. The molecule has 0 saturated carbocycles. The molecular weight excluding hydrogens is 289 g/mol. The number of alkyl halides is 1. The molecule has 0 aromatic heterocycles. The lowest BCUT2D eigenvalue weighted by molar-refractivity contribution is -0.114. The van der Waals surface area contributed by atoms with Gasteiger partial charge in [0.2, 0.25) is 5.91 Å². The summed E-state index contributed by atoms with van der Waals surface area (Å²) >= 11 is 2.24. The second-order valence-electron chi connectivity index (χ2n) is 3.56. The largest absolute Gasteiger partial charge is 0.366 e. The molecule has 0 bridgehead atoms. The lowest BCUT2D eigenvalue weighted by atomic mass is 10.1. The van der Waals surface area contributed by atoms with E-state index in [1.54, 1.807) is 0 Å². The molecule has 0 aliphatic heterocycles. The van der Waals surface area contributed by atoms with E-state index in [4.69, 9.17) is 5.73 Å². The molecule has 14 heavy (non-hydrogen) atoms. The number of carbonyl (C=O) groups is 1. The van der Waals surface area contributed by atoms with Crippen LogP contribution in [0.25, 0.3) is 0 Å². The number of amides is 1. The molecule has 82 valence electrons. The highest BCUT2D eigenvalue weighted by atomic mass is 127. The van der Waals surface area contributed by atoms with Crippen LogP contribution in [0.3, 0.4) is 0 Å². The Morgan fingerprint density at radius 2 is 1.93 bits per heavy atom. The summed E-state index contributed by atoms with van der Waals surface area (Å²) in [4.78, 5) is 10.8. The molecule has 0 radical (unpaired) electrons. The maximum atomic E-state index is 10.8. The smallest absolute Gasteiger partial charge is 0.245 e. The summed E-state index contributed by atoms with van der Waals surface area (Å²) in [6, 6.07) is 0. The van der Waals surface area contributed by atoms with Crippen LogP contribution in [0, 0.1) is 0 Å². The minimum Gasteiger partial charge on any atom is -0.366 e. The van der Waals surface area contributed by atoms with Gasteiger partial charge in [0.25, 0.3) is 0 Å². The van der Waals surface area contributed by atoms with Gasteiger partial charge in [0.1, 0.15) is 0 Å². The molecule has 1 atom stereocenters. The first-order valence-corrected chi connectivity index (χ1v) is 6.46. The van der Waals surface area contributed by atoms with Gasteiger partial charge in [-0.15, -0.1) is 0 Å². The fourth-order valence-corrected chi connectivity index (χ4v) is 2.00. The first-order valence-electron chi connectivity index (χ1n) is 5.22. The standard InChI is InChI=1S/C11H20INO/c1-3-4-5-6-7-8-10(12)9(2)11(13)14/h10H,2-8H2,1H3,(H2,13,14). The van der Waals surface area contributed by atoms with Gasteiger partial charge in [-0.2, -0.15) is 0 Å². The first kappa shape index (κ1) is 13.9. The molecule has 0 rings (SSSR count).